The minimum absolute atomic E-state index is 0.0115. The first-order valence-corrected chi connectivity index (χ1v) is 6.12. The van der Waals surface area contributed by atoms with Crippen LogP contribution in [0.1, 0.15) is 27.2 Å². The van der Waals surface area contributed by atoms with Crippen molar-refractivity contribution in [3.63, 3.8) is 0 Å². The van der Waals surface area contributed by atoms with E-state index in [4.69, 9.17) is 4.74 Å². The largest absolute Gasteiger partial charge is 0.487 e. The number of rotatable bonds is 5. The van der Waals surface area contributed by atoms with Crippen molar-refractivity contribution in [2.24, 2.45) is 5.41 Å². The van der Waals surface area contributed by atoms with Crippen LogP contribution in [0.2, 0.25) is 0 Å². The van der Waals surface area contributed by atoms with Crippen LogP contribution in [0.15, 0.2) is 18.2 Å². The van der Waals surface area contributed by atoms with Gasteiger partial charge in [-0.1, -0.05) is 13.8 Å². The van der Waals surface area contributed by atoms with Crippen LogP contribution < -0.4 is 10.1 Å². The van der Waals surface area contributed by atoms with Gasteiger partial charge in [0.25, 0.3) is 0 Å². The van der Waals surface area contributed by atoms with Crippen molar-refractivity contribution in [1.82, 2.24) is 0 Å². The molecule has 0 saturated heterocycles. The molecule has 0 aliphatic heterocycles. The number of hydrogen-bond acceptors (Lipinski definition) is 4. The van der Waals surface area contributed by atoms with Crippen molar-refractivity contribution in [2.45, 2.75) is 33.2 Å². The Morgan fingerprint density at radius 3 is 2.72 bits per heavy atom. The summed E-state index contributed by atoms with van der Waals surface area (Å²) in [6.45, 7) is 6.62. The van der Waals surface area contributed by atoms with Crippen LogP contribution in [-0.2, 0) is 0 Å². The molecule has 1 aliphatic carbocycles. The van der Waals surface area contributed by atoms with Crippen LogP contribution in [0.25, 0.3) is 0 Å². The number of ether oxygens (including phenoxy) is 1. The molecule has 1 fully saturated rings. The summed E-state index contributed by atoms with van der Waals surface area (Å²) in [5.41, 5.74) is 1.20. The number of nitro benzene ring substituents is 1. The molecule has 1 unspecified atom stereocenters. The van der Waals surface area contributed by atoms with E-state index >= 15 is 0 Å². The molecule has 2 rings (SSSR count). The monoisotopic (exact) mass is 250 g/mol. The Morgan fingerprint density at radius 2 is 2.22 bits per heavy atom. The normalized spacial score (nSPS) is 20.3. The first-order valence-electron chi connectivity index (χ1n) is 6.12. The lowest BCUT2D eigenvalue weighted by molar-refractivity contribution is -0.385. The minimum Gasteiger partial charge on any atom is -0.487 e. The fourth-order valence-corrected chi connectivity index (χ4v) is 1.94. The molecule has 1 aromatic carbocycles. The summed E-state index contributed by atoms with van der Waals surface area (Å²) in [6.07, 6.45) is 1.12. The van der Waals surface area contributed by atoms with Crippen LogP contribution in [0.5, 0.6) is 5.75 Å². The third-order valence-electron chi connectivity index (χ3n) is 3.31. The summed E-state index contributed by atoms with van der Waals surface area (Å²) in [6, 6.07) is 5.36. The lowest BCUT2D eigenvalue weighted by atomic mass is 10.2. The van der Waals surface area contributed by atoms with E-state index in [1.165, 1.54) is 6.07 Å². The van der Waals surface area contributed by atoms with Gasteiger partial charge in [0, 0.05) is 23.9 Å². The molecule has 98 valence electrons. The quantitative estimate of drug-likeness (QED) is 0.643. The Hall–Kier alpha value is -1.78. The van der Waals surface area contributed by atoms with Crippen LogP contribution >= 0.6 is 0 Å². The van der Waals surface area contributed by atoms with E-state index in [1.54, 1.807) is 12.1 Å². The van der Waals surface area contributed by atoms with Crippen molar-refractivity contribution in [1.29, 1.82) is 0 Å². The third-order valence-corrected chi connectivity index (χ3v) is 3.31. The SMILES string of the molecule is CCOc1cc(NC2CC2(C)C)ccc1[N+](=O)[O-]. The highest BCUT2D eigenvalue weighted by Crippen LogP contribution is 2.47. The maximum Gasteiger partial charge on any atom is 0.311 e. The first kappa shape index (κ1) is 12.7. The van der Waals surface area contributed by atoms with Crippen molar-refractivity contribution in [3.8, 4) is 5.75 Å². The molecule has 5 heteroatoms. The van der Waals surface area contributed by atoms with Gasteiger partial charge in [0.2, 0.25) is 0 Å². The lowest BCUT2D eigenvalue weighted by Crippen LogP contribution is -2.08. The highest BCUT2D eigenvalue weighted by molar-refractivity contribution is 5.59. The van der Waals surface area contributed by atoms with Gasteiger partial charge in [0.15, 0.2) is 5.75 Å². The smallest absolute Gasteiger partial charge is 0.311 e. The zero-order valence-corrected chi connectivity index (χ0v) is 10.9. The summed E-state index contributed by atoms with van der Waals surface area (Å²) in [5.74, 6) is 0.325. The number of nitro groups is 1. The van der Waals surface area contributed by atoms with Gasteiger partial charge in [-0.05, 0) is 24.8 Å². The maximum atomic E-state index is 10.9. The standard InChI is InChI=1S/C13H18N2O3/c1-4-18-11-7-9(5-6-10(11)15(16)17)14-12-8-13(12,2)3/h5-7,12,14H,4,8H2,1-3H3. The van der Waals surface area contributed by atoms with Gasteiger partial charge in [-0.25, -0.2) is 0 Å². The fourth-order valence-electron chi connectivity index (χ4n) is 1.94. The average Bonchev–Trinajstić information content (AvgIpc) is 2.86. The van der Waals surface area contributed by atoms with Gasteiger partial charge in [0.1, 0.15) is 0 Å². The van der Waals surface area contributed by atoms with E-state index < -0.39 is 4.92 Å². The van der Waals surface area contributed by atoms with Crippen molar-refractivity contribution in [2.75, 3.05) is 11.9 Å². The van der Waals surface area contributed by atoms with Crippen LogP contribution in [0, 0.1) is 15.5 Å². The summed E-state index contributed by atoms with van der Waals surface area (Å²) in [7, 11) is 0. The molecule has 1 aliphatic rings. The fraction of sp³-hybridized carbons (Fsp3) is 0.538. The molecular formula is C13H18N2O3. The average molecular weight is 250 g/mol. The van der Waals surface area contributed by atoms with E-state index in [2.05, 4.69) is 19.2 Å². The summed E-state index contributed by atoms with van der Waals surface area (Å²) in [4.78, 5) is 10.4. The Bertz CT molecular complexity index is 471. The molecule has 0 amide bonds. The number of nitrogens with one attached hydrogen (secondary N) is 1. The molecule has 0 spiro atoms. The van der Waals surface area contributed by atoms with Gasteiger partial charge in [-0.15, -0.1) is 0 Å². The number of hydrogen-bond donors (Lipinski definition) is 1. The van der Waals surface area contributed by atoms with Crippen molar-refractivity contribution < 1.29 is 9.66 Å². The predicted molar refractivity (Wildman–Crippen MR) is 70.1 cm³/mol. The van der Waals surface area contributed by atoms with Gasteiger partial charge in [-0.2, -0.15) is 0 Å². The summed E-state index contributed by atoms with van der Waals surface area (Å²) >= 11 is 0. The second-order valence-corrected chi connectivity index (χ2v) is 5.26. The minimum atomic E-state index is -0.421. The maximum absolute atomic E-state index is 10.9. The number of nitrogens with zero attached hydrogens (tertiary/aromatic N) is 1. The summed E-state index contributed by atoms with van der Waals surface area (Å²) in [5, 5.41) is 14.2. The Balaban J connectivity index is 2.18. The highest BCUT2D eigenvalue weighted by atomic mass is 16.6. The molecule has 0 aromatic heterocycles. The molecule has 1 saturated carbocycles. The molecule has 1 aromatic rings. The lowest BCUT2D eigenvalue weighted by Gasteiger charge is -2.10. The second-order valence-electron chi connectivity index (χ2n) is 5.26. The van der Waals surface area contributed by atoms with Gasteiger partial charge in [0.05, 0.1) is 11.5 Å². The Labute approximate surface area is 106 Å². The highest BCUT2D eigenvalue weighted by Gasteiger charge is 2.45. The van der Waals surface area contributed by atoms with Gasteiger partial charge >= 0.3 is 5.69 Å². The summed E-state index contributed by atoms with van der Waals surface area (Å²) < 4.78 is 5.31. The molecule has 0 heterocycles. The van der Waals surface area contributed by atoms with E-state index in [1.807, 2.05) is 6.92 Å². The van der Waals surface area contributed by atoms with Crippen molar-refractivity contribution >= 4 is 11.4 Å². The Morgan fingerprint density at radius 1 is 1.56 bits per heavy atom. The van der Waals surface area contributed by atoms with E-state index in [0.717, 1.165) is 12.1 Å². The Kier molecular flexibility index (Phi) is 3.15. The van der Waals surface area contributed by atoms with E-state index in [-0.39, 0.29) is 5.69 Å². The molecule has 18 heavy (non-hydrogen) atoms. The second kappa shape index (κ2) is 4.48. The number of anilines is 1. The van der Waals surface area contributed by atoms with Crippen molar-refractivity contribution in [3.05, 3.63) is 28.3 Å². The van der Waals surface area contributed by atoms with E-state index in [0.29, 0.717) is 23.8 Å². The van der Waals surface area contributed by atoms with E-state index in [9.17, 15) is 10.1 Å². The van der Waals surface area contributed by atoms with Crippen LogP contribution in [0.4, 0.5) is 11.4 Å². The molecule has 5 nitrogen and oxygen atoms in total. The van der Waals surface area contributed by atoms with Crippen LogP contribution in [0.3, 0.4) is 0 Å². The van der Waals surface area contributed by atoms with Gasteiger partial charge < -0.3 is 10.1 Å². The third kappa shape index (κ3) is 2.55. The first-order chi connectivity index (χ1) is 8.44. The van der Waals surface area contributed by atoms with Gasteiger partial charge in [-0.3, -0.25) is 10.1 Å². The molecule has 0 bridgehead atoms. The molecule has 1 atom stereocenters. The zero-order valence-electron chi connectivity index (χ0n) is 10.9. The topological polar surface area (TPSA) is 64.4 Å². The predicted octanol–water partition coefficient (Wildman–Crippen LogP) is 3.20. The molecular weight excluding hydrogens is 232 g/mol. The molecule has 1 N–H and O–H groups in total. The van der Waals surface area contributed by atoms with Crippen LogP contribution in [-0.4, -0.2) is 17.6 Å². The zero-order chi connectivity index (χ0) is 13.3. The number of benzene rings is 1. The molecule has 0 radical (unpaired) electrons.